The second-order valence-electron chi connectivity index (χ2n) is 7.60. The van der Waals surface area contributed by atoms with Crippen molar-refractivity contribution in [3.63, 3.8) is 0 Å². The molecule has 0 aliphatic carbocycles. The molecule has 0 fully saturated rings. The standard InChI is InChI=1S/C28H21NO2S/c1-2-29-23-15-13-21(27(30)19-9-5-3-6-10-19)17-25(23)32-26-18-22(14-16-24(26)29)28(31)20-11-7-4-8-12-20/h3-18H,2H2,1H3. The lowest BCUT2D eigenvalue weighted by Crippen LogP contribution is -2.20. The number of rotatable bonds is 5. The molecule has 0 unspecified atom stereocenters. The van der Waals surface area contributed by atoms with Gasteiger partial charge in [0.1, 0.15) is 0 Å². The van der Waals surface area contributed by atoms with Crippen LogP contribution in [0.1, 0.15) is 38.8 Å². The first-order chi connectivity index (χ1) is 15.7. The lowest BCUT2D eigenvalue weighted by Gasteiger charge is -2.32. The topological polar surface area (TPSA) is 37.4 Å². The molecule has 0 saturated carbocycles. The molecular weight excluding hydrogens is 414 g/mol. The lowest BCUT2D eigenvalue weighted by molar-refractivity contribution is 0.103. The van der Waals surface area contributed by atoms with Crippen LogP contribution >= 0.6 is 11.8 Å². The van der Waals surface area contributed by atoms with Gasteiger partial charge in [-0.25, -0.2) is 0 Å². The first-order valence-corrected chi connectivity index (χ1v) is 11.4. The van der Waals surface area contributed by atoms with E-state index in [0.717, 1.165) is 27.7 Å². The summed E-state index contributed by atoms with van der Waals surface area (Å²) in [7, 11) is 0. The molecule has 3 nitrogen and oxygen atoms in total. The number of hydrogen-bond donors (Lipinski definition) is 0. The fourth-order valence-corrected chi connectivity index (χ4v) is 5.20. The molecular formula is C28H21NO2S. The van der Waals surface area contributed by atoms with Gasteiger partial charge < -0.3 is 4.90 Å². The Bertz CT molecular complexity index is 1220. The molecule has 4 heteroatoms. The van der Waals surface area contributed by atoms with Crippen molar-refractivity contribution in [2.75, 3.05) is 11.4 Å². The van der Waals surface area contributed by atoms with Crippen LogP contribution in [0.25, 0.3) is 0 Å². The first-order valence-electron chi connectivity index (χ1n) is 10.6. The Kier molecular flexibility index (Phi) is 5.38. The van der Waals surface area contributed by atoms with Gasteiger partial charge in [0.25, 0.3) is 0 Å². The molecule has 1 aliphatic rings. The second kappa shape index (κ2) is 8.48. The molecule has 0 saturated heterocycles. The Labute approximate surface area is 191 Å². The fraction of sp³-hybridized carbons (Fsp3) is 0.0714. The molecule has 0 aromatic heterocycles. The molecule has 4 aromatic carbocycles. The van der Waals surface area contributed by atoms with E-state index in [2.05, 4.69) is 11.8 Å². The van der Waals surface area contributed by atoms with E-state index in [9.17, 15) is 9.59 Å². The van der Waals surface area contributed by atoms with E-state index in [1.807, 2.05) is 97.1 Å². The maximum absolute atomic E-state index is 13.0. The van der Waals surface area contributed by atoms with Crippen molar-refractivity contribution in [1.29, 1.82) is 0 Å². The highest BCUT2D eigenvalue weighted by Gasteiger charge is 2.25. The van der Waals surface area contributed by atoms with Crippen LogP contribution in [0, 0.1) is 0 Å². The molecule has 32 heavy (non-hydrogen) atoms. The molecule has 1 aliphatic heterocycles. The quantitative estimate of drug-likeness (QED) is 0.324. The van der Waals surface area contributed by atoms with Gasteiger partial charge in [-0.1, -0.05) is 72.4 Å². The van der Waals surface area contributed by atoms with Gasteiger partial charge in [0.2, 0.25) is 0 Å². The third kappa shape index (κ3) is 3.63. The van der Waals surface area contributed by atoms with Crippen LogP contribution in [0.15, 0.2) is 107 Å². The summed E-state index contributed by atoms with van der Waals surface area (Å²) >= 11 is 1.61. The van der Waals surface area contributed by atoms with Gasteiger partial charge in [0.05, 0.1) is 11.4 Å². The van der Waals surface area contributed by atoms with Crippen molar-refractivity contribution < 1.29 is 9.59 Å². The van der Waals surface area contributed by atoms with Gasteiger partial charge in [-0.2, -0.15) is 0 Å². The van der Waals surface area contributed by atoms with Gasteiger partial charge in [-0.05, 0) is 43.3 Å². The summed E-state index contributed by atoms with van der Waals surface area (Å²) in [6, 6.07) is 30.4. The molecule has 5 rings (SSSR count). The van der Waals surface area contributed by atoms with Crippen molar-refractivity contribution in [3.8, 4) is 0 Å². The molecule has 0 spiro atoms. The largest absolute Gasteiger partial charge is 0.340 e. The summed E-state index contributed by atoms with van der Waals surface area (Å²) in [5.74, 6) is 0.0201. The molecule has 1 heterocycles. The minimum Gasteiger partial charge on any atom is -0.340 e. The molecule has 0 amide bonds. The average molecular weight is 436 g/mol. The van der Waals surface area contributed by atoms with Crippen molar-refractivity contribution in [2.24, 2.45) is 0 Å². The highest BCUT2D eigenvalue weighted by atomic mass is 32.2. The van der Waals surface area contributed by atoms with E-state index in [1.165, 1.54) is 0 Å². The van der Waals surface area contributed by atoms with Crippen molar-refractivity contribution in [3.05, 3.63) is 119 Å². The molecule has 156 valence electrons. The Balaban J connectivity index is 1.52. The summed E-state index contributed by atoms with van der Waals surface area (Å²) in [4.78, 5) is 30.2. The zero-order valence-corrected chi connectivity index (χ0v) is 18.4. The number of fused-ring (bicyclic) bond motifs is 2. The van der Waals surface area contributed by atoms with Gasteiger partial charge in [-0.15, -0.1) is 0 Å². The highest BCUT2D eigenvalue weighted by molar-refractivity contribution is 7.99. The van der Waals surface area contributed by atoms with Crippen LogP contribution in [-0.2, 0) is 0 Å². The first kappa shape index (κ1) is 20.3. The number of hydrogen-bond acceptors (Lipinski definition) is 4. The molecule has 0 bridgehead atoms. The number of carbonyl (C=O) groups excluding carboxylic acids is 2. The molecule has 0 N–H and O–H groups in total. The minimum absolute atomic E-state index is 0.0100. The third-order valence-corrected chi connectivity index (χ3v) is 6.73. The van der Waals surface area contributed by atoms with Crippen LogP contribution in [-0.4, -0.2) is 18.1 Å². The summed E-state index contributed by atoms with van der Waals surface area (Å²) in [5.41, 5.74) is 4.85. The van der Waals surface area contributed by atoms with E-state index >= 15 is 0 Å². The van der Waals surface area contributed by atoms with Gasteiger partial charge in [0, 0.05) is 38.6 Å². The summed E-state index contributed by atoms with van der Waals surface area (Å²) in [5, 5.41) is 0. The SMILES string of the molecule is CCN1c2ccc(C(=O)c3ccccc3)cc2Sc2cc(C(=O)c3ccccc3)ccc21. The number of nitrogens with zero attached hydrogens (tertiary/aromatic N) is 1. The summed E-state index contributed by atoms with van der Waals surface area (Å²) in [6.45, 7) is 2.90. The lowest BCUT2D eigenvalue weighted by atomic mass is 10.0. The van der Waals surface area contributed by atoms with E-state index in [1.54, 1.807) is 11.8 Å². The van der Waals surface area contributed by atoms with Crippen LogP contribution in [0.3, 0.4) is 0 Å². The normalized spacial score (nSPS) is 12.1. The van der Waals surface area contributed by atoms with Crippen molar-refractivity contribution >= 4 is 34.7 Å². The maximum Gasteiger partial charge on any atom is 0.193 e. The molecule has 4 aromatic rings. The average Bonchev–Trinajstić information content (AvgIpc) is 2.86. The monoisotopic (exact) mass is 435 g/mol. The second-order valence-corrected chi connectivity index (χ2v) is 8.69. The Morgan fingerprint density at radius 1 is 0.625 bits per heavy atom. The number of benzene rings is 4. The Morgan fingerprint density at radius 2 is 1.06 bits per heavy atom. The number of carbonyl (C=O) groups is 2. The zero-order valence-electron chi connectivity index (χ0n) is 17.6. The van der Waals surface area contributed by atoms with Crippen LogP contribution in [0.4, 0.5) is 11.4 Å². The smallest absolute Gasteiger partial charge is 0.193 e. The summed E-state index contributed by atoms with van der Waals surface area (Å²) in [6.07, 6.45) is 0. The number of anilines is 2. The van der Waals surface area contributed by atoms with Crippen molar-refractivity contribution in [1.82, 2.24) is 0 Å². The predicted octanol–water partition coefficient (Wildman–Crippen LogP) is 6.77. The van der Waals surface area contributed by atoms with Crippen LogP contribution in [0.5, 0.6) is 0 Å². The van der Waals surface area contributed by atoms with E-state index in [-0.39, 0.29) is 11.6 Å². The van der Waals surface area contributed by atoms with Crippen LogP contribution < -0.4 is 4.90 Å². The van der Waals surface area contributed by atoms with E-state index < -0.39 is 0 Å². The van der Waals surface area contributed by atoms with Crippen LogP contribution in [0.2, 0.25) is 0 Å². The highest BCUT2D eigenvalue weighted by Crippen LogP contribution is 2.48. The minimum atomic E-state index is 0.0100. The molecule has 0 radical (unpaired) electrons. The Morgan fingerprint density at radius 3 is 1.47 bits per heavy atom. The van der Waals surface area contributed by atoms with Crippen molar-refractivity contribution in [2.45, 2.75) is 16.7 Å². The van der Waals surface area contributed by atoms with Gasteiger partial charge >= 0.3 is 0 Å². The summed E-state index contributed by atoms with van der Waals surface area (Å²) < 4.78 is 0. The van der Waals surface area contributed by atoms with E-state index in [0.29, 0.717) is 22.3 Å². The van der Waals surface area contributed by atoms with E-state index in [4.69, 9.17) is 0 Å². The predicted molar refractivity (Wildman–Crippen MR) is 129 cm³/mol. The van der Waals surface area contributed by atoms with Gasteiger partial charge in [-0.3, -0.25) is 9.59 Å². The Hall–Kier alpha value is -3.63. The maximum atomic E-state index is 13.0. The third-order valence-electron chi connectivity index (χ3n) is 5.63. The zero-order chi connectivity index (χ0) is 22.1. The fourth-order valence-electron chi connectivity index (χ4n) is 4.02. The molecule has 0 atom stereocenters. The number of ketones is 2. The van der Waals surface area contributed by atoms with Gasteiger partial charge in [0.15, 0.2) is 11.6 Å².